The molecule has 1 aliphatic heterocycles. The van der Waals surface area contributed by atoms with Gasteiger partial charge in [0, 0.05) is 17.2 Å². The maximum Gasteiger partial charge on any atom is 0.318 e. The van der Waals surface area contributed by atoms with E-state index in [1.54, 1.807) is 36.4 Å². The lowest BCUT2D eigenvalue weighted by Gasteiger charge is -2.14. The van der Waals surface area contributed by atoms with Gasteiger partial charge in [-0.2, -0.15) is 0 Å². The van der Waals surface area contributed by atoms with Crippen LogP contribution in [0.1, 0.15) is 15.9 Å². The van der Waals surface area contributed by atoms with Crippen LogP contribution in [0, 0.1) is 20.2 Å². The SMILES string of the molecule is COc1cccc(/C=C2/SC(=O)N(CC(=O)c3ccccc3)C2=O)c1Oc1ccc([N+](=O)[O-])cc1[N+](=O)[O-]. The van der Waals surface area contributed by atoms with Gasteiger partial charge >= 0.3 is 5.69 Å². The van der Waals surface area contributed by atoms with E-state index in [0.717, 1.165) is 23.1 Å². The Labute approximate surface area is 218 Å². The van der Waals surface area contributed by atoms with Gasteiger partial charge in [-0.05, 0) is 30.0 Å². The normalized spacial score (nSPS) is 14.0. The highest BCUT2D eigenvalue weighted by Gasteiger charge is 2.36. The highest BCUT2D eigenvalue weighted by atomic mass is 32.2. The molecule has 0 radical (unpaired) electrons. The quantitative estimate of drug-likeness (QED) is 0.154. The molecule has 0 N–H and O–H groups in total. The number of nitro groups is 2. The van der Waals surface area contributed by atoms with Gasteiger partial charge in [0.1, 0.15) is 0 Å². The molecule has 38 heavy (non-hydrogen) atoms. The third kappa shape index (κ3) is 5.37. The number of nitrogens with zero attached hydrogens (tertiary/aromatic N) is 3. The number of hydrogen-bond acceptors (Lipinski definition) is 10. The Balaban J connectivity index is 1.67. The predicted molar refractivity (Wildman–Crippen MR) is 136 cm³/mol. The summed E-state index contributed by atoms with van der Waals surface area (Å²) < 4.78 is 11.1. The van der Waals surface area contributed by atoms with Gasteiger partial charge in [0.25, 0.3) is 16.8 Å². The predicted octanol–water partition coefficient (Wildman–Crippen LogP) is 5.22. The van der Waals surface area contributed by atoms with Crippen LogP contribution in [0.3, 0.4) is 0 Å². The molecule has 0 bridgehead atoms. The maximum atomic E-state index is 13.0. The van der Waals surface area contributed by atoms with Crippen LogP contribution >= 0.6 is 11.8 Å². The van der Waals surface area contributed by atoms with E-state index in [1.807, 2.05) is 0 Å². The number of hydrogen-bond donors (Lipinski definition) is 0. The number of thioether (sulfide) groups is 1. The molecule has 0 spiro atoms. The van der Waals surface area contributed by atoms with Crippen molar-refractivity contribution in [3.8, 4) is 17.2 Å². The second kappa shape index (κ2) is 10.9. The lowest BCUT2D eigenvalue weighted by Crippen LogP contribution is -2.33. The van der Waals surface area contributed by atoms with Crippen molar-refractivity contribution in [1.82, 2.24) is 4.90 Å². The summed E-state index contributed by atoms with van der Waals surface area (Å²) in [7, 11) is 1.33. The van der Waals surface area contributed by atoms with Gasteiger partial charge in [-0.3, -0.25) is 39.5 Å². The third-order valence-corrected chi connectivity index (χ3v) is 6.26. The summed E-state index contributed by atoms with van der Waals surface area (Å²) in [4.78, 5) is 59.9. The summed E-state index contributed by atoms with van der Waals surface area (Å²) in [5.41, 5.74) is -0.570. The number of imide groups is 1. The zero-order valence-electron chi connectivity index (χ0n) is 19.6. The number of para-hydroxylation sites is 1. The van der Waals surface area contributed by atoms with Crippen molar-refractivity contribution in [1.29, 1.82) is 0 Å². The number of non-ortho nitro benzene ring substituents is 1. The Bertz CT molecular complexity index is 1510. The minimum atomic E-state index is -0.827. The van der Waals surface area contributed by atoms with E-state index < -0.39 is 44.7 Å². The molecule has 0 unspecified atom stereocenters. The number of ketones is 1. The monoisotopic (exact) mass is 535 g/mol. The van der Waals surface area contributed by atoms with E-state index in [0.29, 0.717) is 17.3 Å². The Morgan fingerprint density at radius 1 is 0.974 bits per heavy atom. The van der Waals surface area contributed by atoms with Gasteiger partial charge < -0.3 is 9.47 Å². The summed E-state index contributed by atoms with van der Waals surface area (Å²) in [6.45, 7) is -0.442. The lowest BCUT2D eigenvalue weighted by atomic mass is 10.1. The zero-order chi connectivity index (χ0) is 27.4. The summed E-state index contributed by atoms with van der Waals surface area (Å²) in [5.74, 6) is -1.30. The zero-order valence-corrected chi connectivity index (χ0v) is 20.4. The molecule has 0 aliphatic carbocycles. The number of nitro benzene ring substituents is 2. The van der Waals surface area contributed by atoms with E-state index in [-0.39, 0.29) is 27.7 Å². The van der Waals surface area contributed by atoms with Gasteiger partial charge in [-0.25, -0.2) is 0 Å². The molecule has 3 aromatic carbocycles. The Morgan fingerprint density at radius 3 is 2.37 bits per heavy atom. The number of rotatable bonds is 9. The van der Waals surface area contributed by atoms with Gasteiger partial charge in [0.2, 0.25) is 5.75 Å². The average Bonchev–Trinajstić information content (AvgIpc) is 3.17. The smallest absolute Gasteiger partial charge is 0.318 e. The van der Waals surface area contributed by atoms with Crippen LogP contribution < -0.4 is 9.47 Å². The van der Waals surface area contributed by atoms with Crippen molar-refractivity contribution < 1.29 is 33.7 Å². The number of benzene rings is 3. The van der Waals surface area contributed by atoms with Gasteiger partial charge in [-0.1, -0.05) is 42.5 Å². The summed E-state index contributed by atoms with van der Waals surface area (Å²) in [5, 5.41) is 22.0. The molecule has 0 atom stereocenters. The molecular formula is C25H17N3O9S. The lowest BCUT2D eigenvalue weighted by molar-refractivity contribution is -0.394. The summed E-state index contributed by atoms with van der Waals surface area (Å²) in [6, 6.07) is 15.7. The van der Waals surface area contributed by atoms with Crippen molar-refractivity contribution in [2.24, 2.45) is 0 Å². The number of carbonyl (C=O) groups excluding carboxylic acids is 3. The fourth-order valence-corrected chi connectivity index (χ4v) is 4.34. The molecule has 2 amide bonds. The first kappa shape index (κ1) is 26.0. The highest BCUT2D eigenvalue weighted by Crippen LogP contribution is 2.42. The third-order valence-electron chi connectivity index (χ3n) is 5.35. The first-order valence-electron chi connectivity index (χ1n) is 10.8. The van der Waals surface area contributed by atoms with Crippen LogP contribution in [0.5, 0.6) is 17.2 Å². The number of ether oxygens (including phenoxy) is 2. The topological polar surface area (TPSA) is 159 Å². The molecule has 1 aliphatic rings. The minimum absolute atomic E-state index is 0.00726. The van der Waals surface area contributed by atoms with Crippen LogP contribution in [0.2, 0.25) is 0 Å². The van der Waals surface area contributed by atoms with Crippen LogP contribution in [0.4, 0.5) is 16.2 Å². The number of carbonyl (C=O) groups is 3. The fraction of sp³-hybridized carbons (Fsp3) is 0.0800. The van der Waals surface area contributed by atoms with Crippen LogP contribution in [-0.2, 0) is 4.79 Å². The van der Waals surface area contributed by atoms with Crippen molar-refractivity contribution in [2.75, 3.05) is 13.7 Å². The molecular weight excluding hydrogens is 518 g/mol. The first-order chi connectivity index (χ1) is 18.2. The van der Waals surface area contributed by atoms with E-state index >= 15 is 0 Å². The molecule has 0 aromatic heterocycles. The number of methoxy groups -OCH3 is 1. The number of amides is 2. The average molecular weight is 535 g/mol. The Hall–Kier alpha value is -5.04. The van der Waals surface area contributed by atoms with Crippen molar-refractivity contribution in [3.63, 3.8) is 0 Å². The highest BCUT2D eigenvalue weighted by molar-refractivity contribution is 8.18. The van der Waals surface area contributed by atoms with Gasteiger partial charge in [0.05, 0.1) is 34.5 Å². The van der Waals surface area contributed by atoms with Gasteiger partial charge in [-0.15, -0.1) is 0 Å². The van der Waals surface area contributed by atoms with Crippen LogP contribution in [-0.4, -0.2) is 45.3 Å². The minimum Gasteiger partial charge on any atom is -0.493 e. The molecule has 4 rings (SSSR count). The van der Waals surface area contributed by atoms with Crippen molar-refractivity contribution in [3.05, 3.63) is 103 Å². The standard InChI is InChI=1S/C25H17N3O9S/c1-36-21-9-5-8-16(23(21)37-20-11-10-17(27(32)33)13-18(20)28(34)35)12-22-24(30)26(25(31)38-22)14-19(29)15-6-3-2-4-7-15/h2-13H,14H2,1H3/b22-12+. The maximum absolute atomic E-state index is 13.0. The molecule has 192 valence electrons. The largest absolute Gasteiger partial charge is 0.493 e. The second-order valence-corrected chi connectivity index (χ2v) is 8.70. The Morgan fingerprint density at radius 2 is 1.71 bits per heavy atom. The van der Waals surface area contributed by atoms with E-state index in [2.05, 4.69) is 0 Å². The summed E-state index contributed by atoms with van der Waals surface area (Å²) >= 11 is 0.622. The fourth-order valence-electron chi connectivity index (χ4n) is 3.51. The Kier molecular flexibility index (Phi) is 7.48. The van der Waals surface area contributed by atoms with Gasteiger partial charge in [0.15, 0.2) is 17.3 Å². The molecule has 12 nitrogen and oxygen atoms in total. The van der Waals surface area contributed by atoms with E-state index in [4.69, 9.17) is 9.47 Å². The number of Topliss-reactive ketones (excluding diaryl/α,β-unsaturated/α-hetero) is 1. The van der Waals surface area contributed by atoms with Crippen molar-refractivity contribution >= 4 is 46.1 Å². The molecule has 0 saturated carbocycles. The van der Waals surface area contributed by atoms with Crippen molar-refractivity contribution in [2.45, 2.75) is 0 Å². The van der Waals surface area contributed by atoms with Crippen LogP contribution in [0.25, 0.3) is 6.08 Å². The summed E-state index contributed by atoms with van der Waals surface area (Å²) in [6.07, 6.45) is 1.34. The van der Waals surface area contributed by atoms with E-state index in [9.17, 15) is 34.6 Å². The molecule has 1 heterocycles. The molecule has 3 aromatic rings. The second-order valence-electron chi connectivity index (χ2n) is 7.70. The molecule has 1 fully saturated rings. The first-order valence-corrected chi connectivity index (χ1v) is 11.6. The molecule has 1 saturated heterocycles. The molecule has 13 heteroatoms. The van der Waals surface area contributed by atoms with E-state index in [1.165, 1.54) is 25.3 Å². The van der Waals surface area contributed by atoms with Crippen LogP contribution in [0.15, 0.2) is 71.6 Å².